The van der Waals surface area contributed by atoms with Crippen molar-refractivity contribution in [1.29, 1.82) is 0 Å². The summed E-state index contributed by atoms with van der Waals surface area (Å²) in [6.07, 6.45) is 4.46. The number of aromatic nitrogens is 2. The van der Waals surface area contributed by atoms with E-state index in [1.807, 2.05) is 42.1 Å². The number of hydrogen-bond donors (Lipinski definition) is 0. The van der Waals surface area contributed by atoms with Gasteiger partial charge in [0.25, 0.3) is 0 Å². The van der Waals surface area contributed by atoms with Crippen molar-refractivity contribution in [3.63, 3.8) is 0 Å². The number of methoxy groups -OCH3 is 1. The third-order valence-corrected chi connectivity index (χ3v) is 2.36. The molecule has 102 valence electrons. The normalized spacial score (nSPS) is 9.26. The summed E-state index contributed by atoms with van der Waals surface area (Å²) in [5.74, 6) is 1.80. The van der Waals surface area contributed by atoms with E-state index in [0.717, 1.165) is 23.5 Å². The molecule has 1 heterocycles. The van der Waals surface area contributed by atoms with Gasteiger partial charge in [-0.25, -0.2) is 4.98 Å². The molecule has 2 rings (SSSR count). The van der Waals surface area contributed by atoms with Crippen LogP contribution >= 0.6 is 0 Å². The molecule has 19 heavy (non-hydrogen) atoms. The van der Waals surface area contributed by atoms with Crippen LogP contribution in [0.4, 0.5) is 0 Å². The number of nitrogens with zero attached hydrogens (tertiary/aromatic N) is 3. The molecule has 1 aromatic heterocycles. The monoisotopic (exact) mass is 261 g/mol. The van der Waals surface area contributed by atoms with Crippen molar-refractivity contribution in [3.8, 4) is 17.1 Å². The molecule has 0 aliphatic carbocycles. The van der Waals surface area contributed by atoms with Crippen molar-refractivity contribution in [3.05, 3.63) is 36.7 Å². The van der Waals surface area contributed by atoms with Crippen LogP contribution in [0.15, 0.2) is 36.7 Å². The van der Waals surface area contributed by atoms with E-state index in [1.165, 1.54) is 4.90 Å². The first-order valence-electron chi connectivity index (χ1n) is 5.82. The van der Waals surface area contributed by atoms with E-state index in [9.17, 15) is 4.79 Å². The molecule has 0 bridgehead atoms. The number of carbonyl (C=O) groups is 1. The van der Waals surface area contributed by atoms with Gasteiger partial charge in [0.2, 0.25) is 6.41 Å². The number of benzene rings is 1. The zero-order valence-corrected chi connectivity index (χ0v) is 11.7. The Bertz CT molecular complexity index is 521. The highest BCUT2D eigenvalue weighted by molar-refractivity contribution is 5.57. The van der Waals surface area contributed by atoms with Crippen LogP contribution in [0.1, 0.15) is 0 Å². The van der Waals surface area contributed by atoms with Crippen LogP contribution in [-0.4, -0.2) is 42.1 Å². The smallest absolute Gasteiger partial charge is 0.209 e. The second kappa shape index (κ2) is 7.20. The number of hydrogen-bond acceptors (Lipinski definition) is 3. The van der Waals surface area contributed by atoms with E-state index >= 15 is 0 Å². The van der Waals surface area contributed by atoms with Crippen molar-refractivity contribution in [2.45, 2.75) is 0 Å². The van der Waals surface area contributed by atoms with Gasteiger partial charge in [-0.05, 0) is 12.1 Å². The van der Waals surface area contributed by atoms with E-state index in [-0.39, 0.29) is 0 Å². The lowest BCUT2D eigenvalue weighted by atomic mass is 10.2. The molecule has 2 aromatic rings. The van der Waals surface area contributed by atoms with Crippen LogP contribution < -0.4 is 4.74 Å². The molecule has 0 unspecified atom stereocenters. The number of rotatable bonds is 3. The summed E-state index contributed by atoms with van der Waals surface area (Å²) in [4.78, 5) is 15.1. The molecule has 5 nitrogen and oxygen atoms in total. The van der Waals surface area contributed by atoms with E-state index < -0.39 is 0 Å². The second-order valence-electron chi connectivity index (χ2n) is 4.16. The first-order valence-corrected chi connectivity index (χ1v) is 5.82. The summed E-state index contributed by atoms with van der Waals surface area (Å²) in [5.41, 5.74) is 1.07. The van der Waals surface area contributed by atoms with Crippen LogP contribution in [0.5, 0.6) is 5.75 Å². The Morgan fingerprint density at radius 2 is 2.05 bits per heavy atom. The summed E-state index contributed by atoms with van der Waals surface area (Å²) in [6.45, 7) is 0. The molecule has 5 heteroatoms. The van der Waals surface area contributed by atoms with Gasteiger partial charge in [0.15, 0.2) is 0 Å². The molecule has 0 aliphatic heterocycles. The van der Waals surface area contributed by atoms with Crippen molar-refractivity contribution < 1.29 is 9.53 Å². The average molecular weight is 261 g/mol. The van der Waals surface area contributed by atoms with Crippen LogP contribution in [0.25, 0.3) is 11.4 Å². The van der Waals surface area contributed by atoms with Crippen molar-refractivity contribution in [1.82, 2.24) is 14.5 Å². The molecule has 0 saturated carbocycles. The van der Waals surface area contributed by atoms with Crippen molar-refractivity contribution >= 4 is 6.41 Å². The van der Waals surface area contributed by atoms with Gasteiger partial charge in [-0.1, -0.05) is 12.1 Å². The SMILES string of the molecule is CN(C)C=O.COc1cccc(-c2nccn2C)c1. The maximum absolute atomic E-state index is 9.43. The standard InChI is InChI=1S/C11H12N2O.C3H7NO/c1-13-7-6-12-11(13)9-4-3-5-10(8-9)14-2;1-4(2)3-5/h3-8H,1-2H3;3H,1-2H3. The summed E-state index contributed by atoms with van der Waals surface area (Å²) in [5, 5.41) is 0. The Morgan fingerprint density at radius 1 is 1.37 bits per heavy atom. The van der Waals surface area contributed by atoms with Gasteiger partial charge in [-0.2, -0.15) is 0 Å². The number of carbonyl (C=O) groups excluding carboxylic acids is 1. The predicted octanol–water partition coefficient (Wildman–Crippen LogP) is 1.80. The molecule has 0 spiro atoms. The molecule has 0 radical (unpaired) electrons. The van der Waals surface area contributed by atoms with Gasteiger partial charge in [0, 0.05) is 39.1 Å². The van der Waals surface area contributed by atoms with Gasteiger partial charge < -0.3 is 14.2 Å². The van der Waals surface area contributed by atoms with E-state index in [0.29, 0.717) is 0 Å². The largest absolute Gasteiger partial charge is 0.497 e. The average Bonchev–Trinajstić information content (AvgIpc) is 2.85. The number of amides is 1. The Balaban J connectivity index is 0.000000312. The zero-order chi connectivity index (χ0) is 14.3. The Kier molecular flexibility index (Phi) is 5.60. The van der Waals surface area contributed by atoms with Crippen LogP contribution in [0.3, 0.4) is 0 Å². The van der Waals surface area contributed by atoms with Gasteiger partial charge in [0.05, 0.1) is 7.11 Å². The lowest BCUT2D eigenvalue weighted by Crippen LogP contribution is -2.06. The molecule has 0 aliphatic rings. The maximum atomic E-state index is 9.43. The van der Waals surface area contributed by atoms with E-state index in [2.05, 4.69) is 4.98 Å². The van der Waals surface area contributed by atoms with Crippen molar-refractivity contribution in [2.24, 2.45) is 7.05 Å². The third-order valence-electron chi connectivity index (χ3n) is 2.36. The molecule has 0 N–H and O–H groups in total. The predicted molar refractivity (Wildman–Crippen MR) is 74.9 cm³/mol. The molecule has 1 aromatic carbocycles. The van der Waals surface area contributed by atoms with Crippen LogP contribution in [0, 0.1) is 0 Å². The highest BCUT2D eigenvalue weighted by Gasteiger charge is 2.03. The fourth-order valence-corrected chi connectivity index (χ4v) is 1.41. The second-order valence-corrected chi connectivity index (χ2v) is 4.16. The maximum Gasteiger partial charge on any atom is 0.209 e. The minimum absolute atomic E-state index is 0.750. The Morgan fingerprint density at radius 3 is 2.53 bits per heavy atom. The molecule has 1 amide bonds. The topological polar surface area (TPSA) is 47.4 Å². The Hall–Kier alpha value is -2.30. The number of aryl methyl sites for hydroxylation is 1. The molecular formula is C14H19N3O2. The number of ether oxygens (including phenoxy) is 1. The van der Waals surface area contributed by atoms with E-state index in [4.69, 9.17) is 4.74 Å². The molecule has 0 fully saturated rings. The highest BCUT2D eigenvalue weighted by atomic mass is 16.5. The lowest BCUT2D eigenvalue weighted by molar-refractivity contribution is -0.115. The van der Waals surface area contributed by atoms with E-state index in [1.54, 1.807) is 27.4 Å². The minimum atomic E-state index is 0.750. The van der Waals surface area contributed by atoms with Crippen molar-refractivity contribution in [2.75, 3.05) is 21.2 Å². The first kappa shape index (κ1) is 14.8. The highest BCUT2D eigenvalue weighted by Crippen LogP contribution is 2.21. The number of imidazole rings is 1. The molecule has 0 saturated heterocycles. The van der Waals surface area contributed by atoms with Gasteiger partial charge in [-0.3, -0.25) is 4.79 Å². The first-order chi connectivity index (χ1) is 9.08. The van der Waals surface area contributed by atoms with Gasteiger partial charge in [-0.15, -0.1) is 0 Å². The summed E-state index contributed by atoms with van der Waals surface area (Å²) in [6, 6.07) is 7.88. The van der Waals surface area contributed by atoms with Gasteiger partial charge in [0.1, 0.15) is 11.6 Å². The molecular weight excluding hydrogens is 242 g/mol. The van der Waals surface area contributed by atoms with Crippen LogP contribution in [0.2, 0.25) is 0 Å². The summed E-state index contributed by atoms with van der Waals surface area (Å²) < 4.78 is 7.14. The zero-order valence-electron chi connectivity index (χ0n) is 11.7. The fraction of sp³-hybridized carbons (Fsp3) is 0.286. The lowest BCUT2D eigenvalue weighted by Gasteiger charge is -2.04. The third kappa shape index (κ3) is 4.46. The Labute approximate surface area is 113 Å². The van der Waals surface area contributed by atoms with Crippen LogP contribution in [-0.2, 0) is 11.8 Å². The fourth-order valence-electron chi connectivity index (χ4n) is 1.41. The quantitative estimate of drug-likeness (QED) is 0.792. The minimum Gasteiger partial charge on any atom is -0.497 e. The van der Waals surface area contributed by atoms with Gasteiger partial charge >= 0.3 is 0 Å². The summed E-state index contributed by atoms with van der Waals surface area (Å²) >= 11 is 0. The summed E-state index contributed by atoms with van der Waals surface area (Å²) in [7, 11) is 7.01. The molecule has 0 atom stereocenters.